The Kier molecular flexibility index (Phi) is 7.15. The maximum Gasteiger partial charge on any atom is 0.251 e. The van der Waals surface area contributed by atoms with Gasteiger partial charge in [0.2, 0.25) is 5.91 Å². The zero-order valence-corrected chi connectivity index (χ0v) is 19.4. The number of methoxy groups -OCH3 is 2. The fourth-order valence-electron chi connectivity index (χ4n) is 4.57. The lowest BCUT2D eigenvalue weighted by atomic mass is 10.0. The number of carbonyl (C=O) groups is 2. The maximum absolute atomic E-state index is 13.0. The topological polar surface area (TPSA) is 80.3 Å². The standard InChI is InChI=1S/C25H31N3O5/c1-17(29)28-9-8-19-14-20(4-6-21(19)28)25(30)26-16-22(27-10-12-33-13-11-27)18-5-7-23(31-2)24(15-18)32-3/h4-7,14-15,22H,8-13,16H2,1-3H3,(H,26,30). The van der Waals surface area contributed by atoms with Crippen molar-refractivity contribution in [3.05, 3.63) is 53.1 Å². The molecule has 2 aliphatic rings. The zero-order valence-electron chi connectivity index (χ0n) is 19.4. The number of nitrogens with zero attached hydrogens (tertiary/aromatic N) is 2. The van der Waals surface area contributed by atoms with Gasteiger partial charge in [0.25, 0.3) is 5.91 Å². The van der Waals surface area contributed by atoms with Crippen LogP contribution in [0.15, 0.2) is 36.4 Å². The minimum Gasteiger partial charge on any atom is -0.493 e. The number of benzene rings is 2. The van der Waals surface area contributed by atoms with Crippen molar-refractivity contribution in [2.24, 2.45) is 0 Å². The molecule has 2 aromatic rings. The van der Waals surface area contributed by atoms with Crippen LogP contribution in [0.25, 0.3) is 0 Å². The highest BCUT2D eigenvalue weighted by atomic mass is 16.5. The molecule has 8 heteroatoms. The Bertz CT molecular complexity index is 1020. The van der Waals surface area contributed by atoms with Crippen molar-refractivity contribution in [3.63, 3.8) is 0 Å². The molecule has 176 valence electrons. The van der Waals surface area contributed by atoms with Crippen molar-refractivity contribution in [1.29, 1.82) is 0 Å². The lowest BCUT2D eigenvalue weighted by Crippen LogP contribution is -2.43. The molecule has 2 heterocycles. The lowest BCUT2D eigenvalue weighted by molar-refractivity contribution is -0.116. The molecule has 0 saturated carbocycles. The van der Waals surface area contributed by atoms with Gasteiger partial charge in [0.15, 0.2) is 11.5 Å². The van der Waals surface area contributed by atoms with Crippen molar-refractivity contribution in [2.75, 3.05) is 58.5 Å². The molecule has 33 heavy (non-hydrogen) atoms. The minimum atomic E-state index is -0.127. The van der Waals surface area contributed by atoms with Crippen LogP contribution in [0.5, 0.6) is 11.5 Å². The van der Waals surface area contributed by atoms with E-state index >= 15 is 0 Å². The molecule has 1 N–H and O–H groups in total. The Morgan fingerprint density at radius 1 is 1.03 bits per heavy atom. The number of hydrogen-bond donors (Lipinski definition) is 1. The van der Waals surface area contributed by atoms with Gasteiger partial charge < -0.3 is 24.4 Å². The van der Waals surface area contributed by atoms with Gasteiger partial charge in [0.1, 0.15) is 0 Å². The summed E-state index contributed by atoms with van der Waals surface area (Å²) in [5.74, 6) is 1.23. The number of hydrogen-bond acceptors (Lipinski definition) is 6. The van der Waals surface area contributed by atoms with Gasteiger partial charge in [-0.2, -0.15) is 0 Å². The second kappa shape index (κ2) is 10.2. The highest BCUT2D eigenvalue weighted by Crippen LogP contribution is 2.32. The molecule has 1 fully saturated rings. The number of amides is 2. The van der Waals surface area contributed by atoms with Crippen molar-refractivity contribution in [3.8, 4) is 11.5 Å². The van der Waals surface area contributed by atoms with Gasteiger partial charge in [-0.15, -0.1) is 0 Å². The summed E-state index contributed by atoms with van der Waals surface area (Å²) in [5, 5.41) is 3.11. The molecule has 1 unspecified atom stereocenters. The maximum atomic E-state index is 13.0. The fraction of sp³-hybridized carbons (Fsp3) is 0.440. The van der Waals surface area contributed by atoms with Crippen molar-refractivity contribution in [2.45, 2.75) is 19.4 Å². The summed E-state index contributed by atoms with van der Waals surface area (Å²) in [5.41, 5.74) is 3.58. The second-order valence-corrected chi connectivity index (χ2v) is 8.25. The highest BCUT2D eigenvalue weighted by molar-refractivity contribution is 5.97. The molecule has 0 radical (unpaired) electrons. The summed E-state index contributed by atoms with van der Waals surface area (Å²) >= 11 is 0. The summed E-state index contributed by atoms with van der Waals surface area (Å²) in [6, 6.07) is 11.4. The summed E-state index contributed by atoms with van der Waals surface area (Å²) in [7, 11) is 3.23. The Balaban J connectivity index is 1.51. The molecule has 1 saturated heterocycles. The van der Waals surface area contributed by atoms with E-state index in [0.29, 0.717) is 43.4 Å². The molecule has 0 bridgehead atoms. The van der Waals surface area contributed by atoms with Crippen LogP contribution < -0.4 is 19.7 Å². The number of fused-ring (bicyclic) bond motifs is 1. The molecule has 0 aromatic heterocycles. The van der Waals surface area contributed by atoms with E-state index in [2.05, 4.69) is 10.2 Å². The lowest BCUT2D eigenvalue weighted by Gasteiger charge is -2.35. The van der Waals surface area contributed by atoms with Gasteiger partial charge in [0, 0.05) is 44.4 Å². The smallest absolute Gasteiger partial charge is 0.251 e. The molecule has 2 aliphatic heterocycles. The molecule has 0 aliphatic carbocycles. The first-order valence-electron chi connectivity index (χ1n) is 11.2. The van der Waals surface area contributed by atoms with E-state index in [1.165, 1.54) is 0 Å². The molecule has 2 aromatic carbocycles. The third-order valence-electron chi connectivity index (χ3n) is 6.35. The van der Waals surface area contributed by atoms with E-state index in [4.69, 9.17) is 14.2 Å². The number of ether oxygens (including phenoxy) is 3. The first-order chi connectivity index (χ1) is 16.0. The molecule has 2 amide bonds. The molecule has 1 atom stereocenters. The number of nitrogens with one attached hydrogen (secondary N) is 1. The quantitative estimate of drug-likeness (QED) is 0.694. The summed E-state index contributed by atoms with van der Waals surface area (Å²) < 4.78 is 16.4. The van der Waals surface area contributed by atoms with E-state index in [0.717, 1.165) is 36.3 Å². The highest BCUT2D eigenvalue weighted by Gasteiger charge is 2.26. The normalized spacial score (nSPS) is 16.8. The molecular formula is C25H31N3O5. The van der Waals surface area contributed by atoms with E-state index in [1.807, 2.05) is 30.3 Å². The average Bonchev–Trinajstić information content (AvgIpc) is 3.28. The monoisotopic (exact) mass is 453 g/mol. The fourth-order valence-corrected chi connectivity index (χ4v) is 4.57. The van der Waals surface area contributed by atoms with Gasteiger partial charge >= 0.3 is 0 Å². The Labute approximate surface area is 194 Å². The van der Waals surface area contributed by atoms with Gasteiger partial charge in [-0.05, 0) is 47.9 Å². The third-order valence-corrected chi connectivity index (χ3v) is 6.35. The third kappa shape index (κ3) is 4.96. The van der Waals surface area contributed by atoms with E-state index in [9.17, 15) is 9.59 Å². The Morgan fingerprint density at radius 3 is 2.48 bits per heavy atom. The van der Waals surface area contributed by atoms with Crippen LogP contribution >= 0.6 is 0 Å². The van der Waals surface area contributed by atoms with Crippen LogP contribution in [-0.2, 0) is 16.0 Å². The molecule has 4 rings (SSSR count). The van der Waals surface area contributed by atoms with Crippen molar-refractivity contribution < 1.29 is 23.8 Å². The summed E-state index contributed by atoms with van der Waals surface area (Å²) in [6.45, 7) is 5.57. The van der Waals surface area contributed by atoms with Crippen LogP contribution in [0.2, 0.25) is 0 Å². The van der Waals surface area contributed by atoms with Crippen LogP contribution in [-0.4, -0.2) is 70.3 Å². The Morgan fingerprint density at radius 2 is 1.79 bits per heavy atom. The van der Waals surface area contributed by atoms with Crippen molar-refractivity contribution >= 4 is 17.5 Å². The van der Waals surface area contributed by atoms with E-state index in [1.54, 1.807) is 32.1 Å². The van der Waals surface area contributed by atoms with E-state index in [-0.39, 0.29) is 17.9 Å². The average molecular weight is 454 g/mol. The minimum absolute atomic E-state index is 0.0224. The predicted molar refractivity (Wildman–Crippen MR) is 125 cm³/mol. The Hall–Kier alpha value is -3.10. The molecule has 8 nitrogen and oxygen atoms in total. The summed E-state index contributed by atoms with van der Waals surface area (Å²) in [4.78, 5) is 28.9. The number of carbonyl (C=O) groups excluding carboxylic acids is 2. The molecule has 0 spiro atoms. The van der Waals surface area contributed by atoms with Crippen LogP contribution in [0.1, 0.15) is 34.5 Å². The second-order valence-electron chi connectivity index (χ2n) is 8.25. The number of anilines is 1. The number of morpholine rings is 1. The van der Waals surface area contributed by atoms with Crippen LogP contribution in [0, 0.1) is 0 Å². The van der Waals surface area contributed by atoms with Gasteiger partial charge in [-0.25, -0.2) is 0 Å². The number of rotatable bonds is 7. The van der Waals surface area contributed by atoms with Crippen LogP contribution in [0.4, 0.5) is 5.69 Å². The molecular weight excluding hydrogens is 422 g/mol. The summed E-state index contributed by atoms with van der Waals surface area (Å²) in [6.07, 6.45) is 0.762. The SMILES string of the molecule is COc1ccc(C(CNC(=O)c2ccc3c(c2)CCN3C(C)=O)N2CCOCC2)cc1OC. The van der Waals surface area contributed by atoms with E-state index < -0.39 is 0 Å². The first-order valence-corrected chi connectivity index (χ1v) is 11.2. The van der Waals surface area contributed by atoms with Crippen molar-refractivity contribution in [1.82, 2.24) is 10.2 Å². The first kappa shape index (κ1) is 23.1. The predicted octanol–water partition coefficient (Wildman–Crippen LogP) is 2.42. The largest absolute Gasteiger partial charge is 0.493 e. The van der Waals surface area contributed by atoms with Gasteiger partial charge in [-0.3, -0.25) is 14.5 Å². The zero-order chi connectivity index (χ0) is 23.4. The van der Waals surface area contributed by atoms with Crippen LogP contribution in [0.3, 0.4) is 0 Å². The van der Waals surface area contributed by atoms with Gasteiger partial charge in [0.05, 0.1) is 33.5 Å². The van der Waals surface area contributed by atoms with Gasteiger partial charge in [-0.1, -0.05) is 6.07 Å².